The van der Waals surface area contributed by atoms with Crippen LogP contribution in [0.3, 0.4) is 0 Å². The maximum Gasteiger partial charge on any atom is 0.0897 e. The Labute approximate surface area is 88.5 Å². The smallest absolute Gasteiger partial charge is 0.0897 e. The molecule has 1 heterocycles. The van der Waals surface area contributed by atoms with Crippen molar-refractivity contribution in [3.05, 3.63) is 16.1 Å². The van der Waals surface area contributed by atoms with Crippen LogP contribution in [0, 0.1) is 6.92 Å². The third kappa shape index (κ3) is 2.32. The molecule has 1 aromatic rings. The van der Waals surface area contributed by atoms with Crippen LogP contribution in [0.15, 0.2) is 5.38 Å². The van der Waals surface area contributed by atoms with Gasteiger partial charge in [0.15, 0.2) is 0 Å². The van der Waals surface area contributed by atoms with E-state index in [1.165, 1.54) is 0 Å². The molecule has 0 amide bonds. The number of aromatic nitrogens is 1. The highest BCUT2D eigenvalue weighted by Gasteiger charge is 2.28. The molecule has 0 spiro atoms. The van der Waals surface area contributed by atoms with Crippen molar-refractivity contribution in [2.45, 2.75) is 38.5 Å². The van der Waals surface area contributed by atoms with Crippen LogP contribution in [0.5, 0.6) is 0 Å². The molecule has 0 aliphatic heterocycles. The molecule has 78 valence electrons. The summed E-state index contributed by atoms with van der Waals surface area (Å²) < 4.78 is 5.22. The minimum Gasteiger partial charge on any atom is -0.381 e. The van der Waals surface area contributed by atoms with Crippen molar-refractivity contribution in [2.75, 3.05) is 7.11 Å². The minimum absolute atomic E-state index is 0.477. The topological polar surface area (TPSA) is 34.1 Å². The third-order valence-corrected chi connectivity index (χ3v) is 3.49. The van der Waals surface area contributed by atoms with Gasteiger partial charge in [-0.1, -0.05) is 0 Å². The molecule has 4 heteroatoms. The van der Waals surface area contributed by atoms with Gasteiger partial charge in [0.05, 0.1) is 16.8 Å². The summed E-state index contributed by atoms with van der Waals surface area (Å²) in [6.07, 6.45) is 2.75. The quantitative estimate of drug-likeness (QED) is 0.825. The molecule has 1 fully saturated rings. The molecular weight excluding hydrogens is 196 g/mol. The molecule has 1 aromatic heterocycles. The fourth-order valence-electron chi connectivity index (χ4n) is 1.66. The van der Waals surface area contributed by atoms with Crippen molar-refractivity contribution in [1.82, 2.24) is 10.3 Å². The van der Waals surface area contributed by atoms with E-state index >= 15 is 0 Å². The largest absolute Gasteiger partial charge is 0.381 e. The highest BCUT2D eigenvalue weighted by Crippen LogP contribution is 2.22. The number of methoxy groups -OCH3 is 1. The summed E-state index contributed by atoms with van der Waals surface area (Å²) in [6, 6.07) is 0.627. The number of nitrogens with zero attached hydrogens (tertiary/aromatic N) is 1. The van der Waals surface area contributed by atoms with Gasteiger partial charge in [-0.05, 0) is 19.8 Å². The van der Waals surface area contributed by atoms with Crippen LogP contribution in [0.2, 0.25) is 0 Å². The van der Waals surface area contributed by atoms with Crippen LogP contribution < -0.4 is 5.32 Å². The van der Waals surface area contributed by atoms with Gasteiger partial charge in [-0.25, -0.2) is 4.98 Å². The average Bonchev–Trinajstić information content (AvgIpc) is 2.49. The lowest BCUT2D eigenvalue weighted by atomic mass is 9.89. The van der Waals surface area contributed by atoms with Crippen molar-refractivity contribution in [3.8, 4) is 0 Å². The molecule has 1 aliphatic rings. The number of hydrogen-bond acceptors (Lipinski definition) is 4. The predicted octanol–water partition coefficient (Wildman–Crippen LogP) is 1.72. The van der Waals surface area contributed by atoms with Gasteiger partial charge in [0.25, 0.3) is 0 Å². The van der Waals surface area contributed by atoms with E-state index in [1.54, 1.807) is 18.4 Å². The van der Waals surface area contributed by atoms with Gasteiger partial charge in [-0.3, -0.25) is 0 Å². The van der Waals surface area contributed by atoms with Gasteiger partial charge in [-0.15, -0.1) is 11.3 Å². The van der Waals surface area contributed by atoms with Crippen LogP contribution in [0.4, 0.5) is 0 Å². The minimum atomic E-state index is 0.477. The first-order valence-corrected chi connectivity index (χ1v) is 5.83. The van der Waals surface area contributed by atoms with E-state index < -0.39 is 0 Å². The zero-order chi connectivity index (χ0) is 9.97. The normalized spacial score (nSPS) is 26.1. The Morgan fingerprint density at radius 2 is 2.43 bits per heavy atom. The third-order valence-electron chi connectivity index (χ3n) is 2.67. The molecule has 0 aromatic carbocycles. The fourth-order valence-corrected chi connectivity index (χ4v) is 2.28. The zero-order valence-corrected chi connectivity index (χ0v) is 9.43. The summed E-state index contributed by atoms with van der Waals surface area (Å²) in [7, 11) is 1.78. The van der Waals surface area contributed by atoms with Crippen LogP contribution in [-0.2, 0) is 11.3 Å². The van der Waals surface area contributed by atoms with Crippen LogP contribution in [0.25, 0.3) is 0 Å². The van der Waals surface area contributed by atoms with E-state index in [-0.39, 0.29) is 0 Å². The van der Waals surface area contributed by atoms with Crippen molar-refractivity contribution in [1.29, 1.82) is 0 Å². The standard InChI is InChI=1S/C10H16N2OS/c1-7-12-9(6-14-7)5-11-8-3-10(4-8)13-2/h6,8,10-11H,3-5H2,1-2H3. The van der Waals surface area contributed by atoms with E-state index in [2.05, 4.69) is 15.7 Å². The van der Waals surface area contributed by atoms with E-state index in [1.807, 2.05) is 6.92 Å². The lowest BCUT2D eigenvalue weighted by Gasteiger charge is -2.34. The van der Waals surface area contributed by atoms with Crippen molar-refractivity contribution in [3.63, 3.8) is 0 Å². The van der Waals surface area contributed by atoms with Crippen molar-refractivity contribution in [2.24, 2.45) is 0 Å². The maximum atomic E-state index is 5.22. The SMILES string of the molecule is COC1CC(NCc2csc(C)n2)C1. The van der Waals surface area contributed by atoms with E-state index in [0.717, 1.165) is 30.1 Å². The monoisotopic (exact) mass is 212 g/mol. The number of rotatable bonds is 4. The van der Waals surface area contributed by atoms with Crippen molar-refractivity contribution >= 4 is 11.3 Å². The van der Waals surface area contributed by atoms with Crippen LogP contribution in [-0.4, -0.2) is 24.2 Å². The zero-order valence-electron chi connectivity index (χ0n) is 8.62. The fraction of sp³-hybridized carbons (Fsp3) is 0.700. The highest BCUT2D eigenvalue weighted by atomic mass is 32.1. The summed E-state index contributed by atoms with van der Waals surface area (Å²) in [5, 5.41) is 6.74. The summed E-state index contributed by atoms with van der Waals surface area (Å²) in [4.78, 5) is 4.40. The van der Waals surface area contributed by atoms with Crippen molar-refractivity contribution < 1.29 is 4.74 Å². The summed E-state index contributed by atoms with van der Waals surface area (Å²) in [5.41, 5.74) is 1.16. The number of thiazole rings is 1. The number of ether oxygens (including phenoxy) is 1. The van der Waals surface area contributed by atoms with Gasteiger partial charge >= 0.3 is 0 Å². The molecule has 2 rings (SSSR count). The summed E-state index contributed by atoms with van der Waals surface area (Å²) in [6.45, 7) is 2.93. The Bertz CT molecular complexity index is 294. The van der Waals surface area contributed by atoms with E-state index in [0.29, 0.717) is 12.1 Å². The molecule has 14 heavy (non-hydrogen) atoms. The lowest BCUT2D eigenvalue weighted by molar-refractivity contribution is 0.0169. The number of hydrogen-bond donors (Lipinski definition) is 1. The van der Waals surface area contributed by atoms with Gasteiger partial charge in [0, 0.05) is 25.1 Å². The second-order valence-electron chi connectivity index (χ2n) is 3.76. The average molecular weight is 212 g/mol. The van der Waals surface area contributed by atoms with E-state index in [9.17, 15) is 0 Å². The lowest BCUT2D eigenvalue weighted by Crippen LogP contribution is -2.44. The second-order valence-corrected chi connectivity index (χ2v) is 4.83. The number of aryl methyl sites for hydroxylation is 1. The Hall–Kier alpha value is -0.450. The first-order valence-electron chi connectivity index (χ1n) is 4.95. The maximum absolute atomic E-state index is 5.22. The molecule has 1 aliphatic carbocycles. The Morgan fingerprint density at radius 1 is 1.64 bits per heavy atom. The second kappa shape index (κ2) is 4.38. The first-order chi connectivity index (χ1) is 6.78. The molecular formula is C10H16N2OS. The molecule has 3 nitrogen and oxygen atoms in total. The molecule has 1 saturated carbocycles. The molecule has 1 N–H and O–H groups in total. The molecule has 0 unspecified atom stereocenters. The van der Waals surface area contributed by atoms with Crippen LogP contribution >= 0.6 is 11.3 Å². The molecule has 0 bridgehead atoms. The molecule has 0 radical (unpaired) electrons. The Kier molecular flexibility index (Phi) is 3.15. The summed E-state index contributed by atoms with van der Waals surface area (Å²) in [5.74, 6) is 0. The first kappa shape index (κ1) is 10.1. The van der Waals surface area contributed by atoms with Gasteiger partial charge < -0.3 is 10.1 Å². The molecule has 0 atom stereocenters. The van der Waals surface area contributed by atoms with Gasteiger partial charge in [0.2, 0.25) is 0 Å². The van der Waals surface area contributed by atoms with Crippen LogP contribution in [0.1, 0.15) is 23.5 Å². The van der Waals surface area contributed by atoms with Gasteiger partial charge in [-0.2, -0.15) is 0 Å². The Balaban J connectivity index is 1.69. The highest BCUT2D eigenvalue weighted by molar-refractivity contribution is 7.09. The van der Waals surface area contributed by atoms with Gasteiger partial charge in [0.1, 0.15) is 0 Å². The van der Waals surface area contributed by atoms with E-state index in [4.69, 9.17) is 4.74 Å². The molecule has 0 saturated heterocycles. The Morgan fingerprint density at radius 3 is 3.00 bits per heavy atom. The predicted molar refractivity (Wildman–Crippen MR) is 57.5 cm³/mol. The number of nitrogens with one attached hydrogen (secondary N) is 1. The summed E-state index contributed by atoms with van der Waals surface area (Å²) >= 11 is 1.71.